The zero-order valence-corrected chi connectivity index (χ0v) is 25.2. The van der Waals surface area contributed by atoms with Crippen molar-refractivity contribution in [1.82, 2.24) is 0 Å². The summed E-state index contributed by atoms with van der Waals surface area (Å²) in [6.07, 6.45) is 2.14. The van der Waals surface area contributed by atoms with E-state index in [1.165, 1.54) is 0 Å². The second-order valence-electron chi connectivity index (χ2n) is 10.2. The molecule has 1 aliphatic heterocycles. The van der Waals surface area contributed by atoms with Gasteiger partial charge in [-0.3, -0.25) is 9.36 Å². The number of benzene rings is 1. The summed E-state index contributed by atoms with van der Waals surface area (Å²) in [6.45, 7) is 14.5. The topological polar surface area (TPSA) is 118 Å². The van der Waals surface area contributed by atoms with Gasteiger partial charge in [0.2, 0.25) is 0 Å². The molecule has 0 fully saturated rings. The van der Waals surface area contributed by atoms with E-state index >= 15 is 0 Å². The third-order valence-corrected chi connectivity index (χ3v) is 10.3. The molecule has 0 radical (unpaired) electrons. The number of methoxy groups -OCH3 is 1. The van der Waals surface area contributed by atoms with Gasteiger partial charge in [0.1, 0.15) is 23.7 Å². The van der Waals surface area contributed by atoms with Crippen molar-refractivity contribution in [2.45, 2.75) is 78.5 Å². The van der Waals surface area contributed by atoms with Gasteiger partial charge >= 0.3 is 19.5 Å². The Labute approximate surface area is 221 Å². The Bertz CT molecular complexity index is 1070. The lowest BCUT2D eigenvalue weighted by Gasteiger charge is -2.24. The Morgan fingerprint density at radius 3 is 2.32 bits per heavy atom. The Balaban J connectivity index is 2.47. The maximum absolute atomic E-state index is 13.2. The fourth-order valence-corrected chi connectivity index (χ4v) is 6.86. The van der Waals surface area contributed by atoms with Gasteiger partial charge < -0.3 is 28.4 Å². The lowest BCUT2D eigenvalue weighted by molar-refractivity contribution is -0.137. The predicted octanol–water partition coefficient (Wildman–Crippen LogP) is 5.99. The van der Waals surface area contributed by atoms with Crippen LogP contribution in [-0.2, 0) is 36.2 Å². The van der Waals surface area contributed by atoms with Crippen LogP contribution in [0.3, 0.4) is 0 Å². The summed E-state index contributed by atoms with van der Waals surface area (Å²) in [6, 6.07) is 0.908. The Kier molecular flexibility index (Phi) is 11.0. The van der Waals surface area contributed by atoms with Gasteiger partial charge in [0.15, 0.2) is 5.66 Å². The average Bonchev–Trinajstić information content (AvgIpc) is 3.18. The quantitative estimate of drug-likeness (QED) is 0.120. The molecule has 2 rings (SSSR count). The Morgan fingerprint density at radius 2 is 1.81 bits per heavy atom. The highest BCUT2D eigenvalue weighted by Gasteiger charge is 2.41. The fraction of sp³-hybridized carbons (Fsp3) is 0.615. The molecule has 0 saturated heterocycles. The monoisotopic (exact) mass is 556 g/mol. The van der Waals surface area contributed by atoms with Crippen molar-refractivity contribution in [3.8, 4) is 11.5 Å². The van der Waals surface area contributed by atoms with E-state index in [0.717, 1.165) is 17.2 Å². The standard InChI is InChI=1S/C26H41O9PSi/c1-9-34-36(30,35-10-2)21(25(27)28)15-17(3)11-12-19-23(31-5)18(4)20-16-33-26(29)22(20)24(19)32-13-14-37(6,7)8/h11,21H,9-10,12-16H2,1-8H3,(H,27,28)/b17-11+. The minimum Gasteiger partial charge on any atom is -0.496 e. The summed E-state index contributed by atoms with van der Waals surface area (Å²) < 4.78 is 41.1. The molecule has 1 heterocycles. The first kappa shape index (κ1) is 31.1. The maximum atomic E-state index is 13.2. The molecule has 1 unspecified atom stereocenters. The number of cyclic esters (lactones) is 1. The Hall–Kier alpha value is -2.13. The van der Waals surface area contributed by atoms with Crippen molar-refractivity contribution in [3.05, 3.63) is 33.9 Å². The second kappa shape index (κ2) is 13.1. The smallest absolute Gasteiger partial charge is 0.345 e. The van der Waals surface area contributed by atoms with Crippen molar-refractivity contribution < 1.29 is 42.5 Å². The number of carboxylic acid groups (broad SMARTS) is 1. The van der Waals surface area contributed by atoms with Crippen LogP contribution in [0.5, 0.6) is 11.5 Å². The maximum Gasteiger partial charge on any atom is 0.345 e. The SMILES string of the molecule is CCOP(=O)(OCC)C(C/C(C)=C/Cc1c(OC)c(C)c2c(c1OCC[Si](C)(C)C)C(=O)OC2)C(=O)O. The van der Waals surface area contributed by atoms with E-state index in [2.05, 4.69) is 19.6 Å². The van der Waals surface area contributed by atoms with Gasteiger partial charge in [-0.05, 0) is 52.1 Å². The zero-order chi connectivity index (χ0) is 28.0. The third kappa shape index (κ3) is 7.69. The van der Waals surface area contributed by atoms with Gasteiger partial charge in [-0.15, -0.1) is 0 Å². The van der Waals surface area contributed by atoms with E-state index < -0.39 is 33.3 Å². The number of esters is 1. The van der Waals surface area contributed by atoms with Crippen LogP contribution in [0.4, 0.5) is 0 Å². The largest absolute Gasteiger partial charge is 0.496 e. The summed E-state index contributed by atoms with van der Waals surface area (Å²) >= 11 is 0. The van der Waals surface area contributed by atoms with Gasteiger partial charge in [-0.1, -0.05) is 31.3 Å². The normalized spacial score (nSPS) is 14.8. The van der Waals surface area contributed by atoms with E-state index in [1.54, 1.807) is 27.9 Å². The van der Waals surface area contributed by atoms with Crippen LogP contribution in [-0.4, -0.2) is 57.7 Å². The fourth-order valence-electron chi connectivity index (χ4n) is 4.20. The molecule has 1 aliphatic rings. The van der Waals surface area contributed by atoms with Crippen molar-refractivity contribution >= 4 is 27.6 Å². The van der Waals surface area contributed by atoms with Crippen LogP contribution in [0, 0.1) is 6.92 Å². The van der Waals surface area contributed by atoms with E-state index in [0.29, 0.717) is 41.2 Å². The lowest BCUT2D eigenvalue weighted by atomic mass is 9.94. The number of hydrogen-bond acceptors (Lipinski definition) is 8. The van der Waals surface area contributed by atoms with Crippen LogP contribution in [0.15, 0.2) is 11.6 Å². The summed E-state index contributed by atoms with van der Waals surface area (Å²) in [5.41, 5.74) is 2.03. The average molecular weight is 557 g/mol. The highest BCUT2D eigenvalue weighted by Crippen LogP contribution is 2.55. The van der Waals surface area contributed by atoms with E-state index in [4.69, 9.17) is 23.3 Å². The van der Waals surface area contributed by atoms with Gasteiger partial charge in [-0.2, -0.15) is 0 Å². The molecule has 0 spiro atoms. The molecule has 11 heteroatoms. The zero-order valence-electron chi connectivity index (χ0n) is 23.3. The first-order chi connectivity index (χ1) is 17.3. The van der Waals surface area contributed by atoms with E-state index in [1.807, 2.05) is 13.0 Å². The molecule has 1 N–H and O–H groups in total. The van der Waals surface area contributed by atoms with Crippen molar-refractivity contribution in [2.75, 3.05) is 26.9 Å². The molecular weight excluding hydrogens is 515 g/mol. The molecule has 1 aromatic carbocycles. The molecule has 0 aromatic heterocycles. The number of rotatable bonds is 15. The summed E-state index contributed by atoms with van der Waals surface area (Å²) in [4.78, 5) is 24.7. The van der Waals surface area contributed by atoms with E-state index in [-0.39, 0.29) is 26.2 Å². The number of carbonyl (C=O) groups excluding carboxylic acids is 1. The van der Waals surface area contributed by atoms with Gasteiger partial charge in [0, 0.05) is 19.2 Å². The van der Waals surface area contributed by atoms with Crippen LogP contribution >= 0.6 is 7.60 Å². The molecule has 0 aliphatic carbocycles. The number of ether oxygens (including phenoxy) is 3. The number of aliphatic carboxylic acids is 1. The lowest BCUT2D eigenvalue weighted by Crippen LogP contribution is -2.24. The molecular formula is C26H41O9PSi. The predicted molar refractivity (Wildman–Crippen MR) is 145 cm³/mol. The number of allylic oxidation sites excluding steroid dienone is 2. The van der Waals surface area contributed by atoms with E-state index in [9.17, 15) is 19.3 Å². The van der Waals surface area contributed by atoms with Gasteiger partial charge in [-0.25, -0.2) is 4.79 Å². The minimum atomic E-state index is -3.86. The van der Waals surface area contributed by atoms with Crippen LogP contribution in [0.25, 0.3) is 0 Å². The first-order valence-electron chi connectivity index (χ1n) is 12.6. The van der Waals surface area contributed by atoms with Crippen LogP contribution in [0.2, 0.25) is 25.7 Å². The molecule has 0 bridgehead atoms. The third-order valence-electron chi connectivity index (χ3n) is 6.18. The Morgan fingerprint density at radius 1 is 1.19 bits per heavy atom. The van der Waals surface area contributed by atoms with Crippen molar-refractivity contribution in [2.24, 2.45) is 0 Å². The molecule has 37 heavy (non-hydrogen) atoms. The van der Waals surface area contributed by atoms with Gasteiger partial charge in [0.05, 0.1) is 26.9 Å². The summed E-state index contributed by atoms with van der Waals surface area (Å²) in [5, 5.41) is 9.81. The number of carboxylic acids is 1. The molecule has 0 amide bonds. The molecule has 0 saturated carbocycles. The molecule has 1 aromatic rings. The number of carbonyl (C=O) groups is 2. The molecule has 9 nitrogen and oxygen atoms in total. The number of hydrogen-bond donors (Lipinski definition) is 1. The van der Waals surface area contributed by atoms with Crippen molar-refractivity contribution in [3.63, 3.8) is 0 Å². The highest BCUT2D eigenvalue weighted by atomic mass is 31.2. The molecule has 208 valence electrons. The van der Waals surface area contributed by atoms with Crippen LogP contribution in [0.1, 0.15) is 54.2 Å². The highest BCUT2D eigenvalue weighted by molar-refractivity contribution is 7.55. The summed E-state index contributed by atoms with van der Waals surface area (Å²) in [7, 11) is -3.69. The minimum absolute atomic E-state index is 0.0211. The van der Waals surface area contributed by atoms with Gasteiger partial charge in [0.25, 0.3) is 0 Å². The number of fused-ring (bicyclic) bond motifs is 1. The molecule has 1 atom stereocenters. The summed E-state index contributed by atoms with van der Waals surface area (Å²) in [5.74, 6) is -0.618. The van der Waals surface area contributed by atoms with Crippen molar-refractivity contribution in [1.29, 1.82) is 0 Å². The van der Waals surface area contributed by atoms with Crippen LogP contribution < -0.4 is 9.47 Å². The first-order valence-corrected chi connectivity index (χ1v) is 17.9. The second-order valence-corrected chi connectivity index (χ2v) is 18.1.